The lowest BCUT2D eigenvalue weighted by Gasteiger charge is -2.15. The molecule has 0 spiro atoms. The number of nitrogens with zero attached hydrogens (tertiary/aromatic N) is 3. The predicted octanol–water partition coefficient (Wildman–Crippen LogP) is 1.62. The van der Waals surface area contributed by atoms with Gasteiger partial charge in [-0.2, -0.15) is 0 Å². The molecule has 2 aliphatic rings. The molecule has 0 aromatic carbocycles. The van der Waals surface area contributed by atoms with Gasteiger partial charge in [-0.1, -0.05) is 6.92 Å². The SMILES string of the molecule is CCCNC(=O)C1=Cc2ncc(C(=O)N3CCCC3)cc2N=C(N)C1. The number of amides is 2. The topological polar surface area (TPSA) is 101 Å². The van der Waals surface area contributed by atoms with Gasteiger partial charge in [-0.3, -0.25) is 14.6 Å². The molecule has 3 rings (SSSR count). The highest BCUT2D eigenvalue weighted by atomic mass is 16.2. The van der Waals surface area contributed by atoms with Crippen LogP contribution in [0.4, 0.5) is 5.69 Å². The maximum absolute atomic E-state index is 12.5. The fourth-order valence-electron chi connectivity index (χ4n) is 2.99. The Morgan fingerprint density at radius 2 is 2.08 bits per heavy atom. The van der Waals surface area contributed by atoms with Crippen LogP contribution in [0.1, 0.15) is 48.7 Å². The summed E-state index contributed by atoms with van der Waals surface area (Å²) < 4.78 is 0. The van der Waals surface area contributed by atoms with E-state index in [9.17, 15) is 9.59 Å². The number of nitrogens with one attached hydrogen (secondary N) is 1. The van der Waals surface area contributed by atoms with Crippen molar-refractivity contribution in [3.8, 4) is 0 Å². The van der Waals surface area contributed by atoms with E-state index in [1.807, 2.05) is 11.8 Å². The van der Waals surface area contributed by atoms with Crippen LogP contribution in [0.3, 0.4) is 0 Å². The summed E-state index contributed by atoms with van der Waals surface area (Å²) in [6.45, 7) is 4.16. The zero-order valence-electron chi connectivity index (χ0n) is 14.4. The average Bonchev–Trinajstić information content (AvgIpc) is 3.08. The summed E-state index contributed by atoms with van der Waals surface area (Å²) in [7, 11) is 0. The molecule has 7 nitrogen and oxygen atoms in total. The number of nitrogens with two attached hydrogens (primary N) is 1. The number of pyridine rings is 1. The highest BCUT2D eigenvalue weighted by Crippen LogP contribution is 2.26. The predicted molar refractivity (Wildman–Crippen MR) is 96.6 cm³/mol. The van der Waals surface area contributed by atoms with Crippen molar-refractivity contribution in [1.82, 2.24) is 15.2 Å². The van der Waals surface area contributed by atoms with Crippen LogP contribution in [0.25, 0.3) is 6.08 Å². The normalized spacial score (nSPS) is 16.6. The monoisotopic (exact) mass is 341 g/mol. The zero-order valence-corrected chi connectivity index (χ0v) is 14.4. The van der Waals surface area contributed by atoms with Gasteiger partial charge in [0.05, 0.1) is 16.9 Å². The van der Waals surface area contributed by atoms with Gasteiger partial charge in [-0.05, 0) is 31.4 Å². The number of amidine groups is 1. The average molecular weight is 341 g/mol. The molecular weight excluding hydrogens is 318 g/mol. The van der Waals surface area contributed by atoms with Crippen LogP contribution in [-0.4, -0.2) is 47.2 Å². The van der Waals surface area contributed by atoms with Gasteiger partial charge in [-0.15, -0.1) is 0 Å². The molecule has 2 amide bonds. The Morgan fingerprint density at radius 1 is 1.32 bits per heavy atom. The molecule has 1 fully saturated rings. The Labute approximate surface area is 147 Å². The molecule has 25 heavy (non-hydrogen) atoms. The third-order valence-corrected chi connectivity index (χ3v) is 4.31. The Balaban J connectivity index is 1.88. The molecule has 2 aliphatic heterocycles. The molecule has 0 atom stereocenters. The van der Waals surface area contributed by atoms with Gasteiger partial charge in [-0.25, -0.2) is 4.99 Å². The number of aromatic nitrogens is 1. The van der Waals surface area contributed by atoms with Crippen molar-refractivity contribution in [2.75, 3.05) is 19.6 Å². The first-order valence-electron chi connectivity index (χ1n) is 8.69. The fourth-order valence-corrected chi connectivity index (χ4v) is 2.99. The standard InChI is InChI=1S/C18H23N5O2/c1-2-5-20-17(24)12-8-14-15(22-16(19)10-12)9-13(11-21-14)18(25)23-6-3-4-7-23/h8-9,11H,2-7,10H2,1H3,(H2,19,22)(H,20,24). The quantitative estimate of drug-likeness (QED) is 0.869. The Kier molecular flexibility index (Phi) is 5.11. The van der Waals surface area contributed by atoms with E-state index < -0.39 is 0 Å². The summed E-state index contributed by atoms with van der Waals surface area (Å²) in [4.78, 5) is 35.3. The van der Waals surface area contributed by atoms with Gasteiger partial charge in [0.1, 0.15) is 5.84 Å². The second kappa shape index (κ2) is 7.46. The summed E-state index contributed by atoms with van der Waals surface area (Å²) in [5.74, 6) is 0.145. The van der Waals surface area contributed by atoms with Crippen molar-refractivity contribution in [3.63, 3.8) is 0 Å². The number of hydrogen-bond donors (Lipinski definition) is 2. The summed E-state index contributed by atoms with van der Waals surface area (Å²) in [6.07, 6.45) is 6.45. The van der Waals surface area contributed by atoms with Crippen molar-refractivity contribution in [2.24, 2.45) is 10.7 Å². The lowest BCUT2D eigenvalue weighted by atomic mass is 10.1. The fraction of sp³-hybridized carbons (Fsp3) is 0.444. The van der Waals surface area contributed by atoms with Gasteiger partial charge in [0.2, 0.25) is 5.91 Å². The molecule has 1 aromatic rings. The van der Waals surface area contributed by atoms with Gasteiger partial charge in [0, 0.05) is 37.8 Å². The highest BCUT2D eigenvalue weighted by Gasteiger charge is 2.22. The van der Waals surface area contributed by atoms with E-state index in [2.05, 4.69) is 15.3 Å². The van der Waals surface area contributed by atoms with E-state index in [0.29, 0.717) is 34.9 Å². The molecular formula is C18H23N5O2. The number of fused-ring (bicyclic) bond motifs is 1. The van der Waals surface area contributed by atoms with E-state index in [0.717, 1.165) is 32.4 Å². The number of carbonyl (C=O) groups is 2. The molecule has 1 aromatic heterocycles. The van der Waals surface area contributed by atoms with Crippen molar-refractivity contribution in [1.29, 1.82) is 0 Å². The van der Waals surface area contributed by atoms with Gasteiger partial charge in [0.25, 0.3) is 5.91 Å². The molecule has 132 valence electrons. The molecule has 0 aliphatic carbocycles. The lowest BCUT2D eigenvalue weighted by molar-refractivity contribution is -0.117. The van der Waals surface area contributed by atoms with E-state index in [1.165, 1.54) is 0 Å². The zero-order chi connectivity index (χ0) is 17.8. The second-order valence-electron chi connectivity index (χ2n) is 6.33. The highest BCUT2D eigenvalue weighted by molar-refractivity contribution is 6.05. The molecule has 0 saturated carbocycles. The van der Waals surface area contributed by atoms with Crippen LogP contribution in [0.15, 0.2) is 22.8 Å². The van der Waals surface area contributed by atoms with E-state index >= 15 is 0 Å². The minimum atomic E-state index is -0.160. The summed E-state index contributed by atoms with van der Waals surface area (Å²) in [6, 6.07) is 1.71. The molecule has 3 heterocycles. The van der Waals surface area contributed by atoms with Gasteiger partial charge in [0.15, 0.2) is 0 Å². The van der Waals surface area contributed by atoms with Crippen LogP contribution in [0, 0.1) is 0 Å². The first kappa shape index (κ1) is 17.1. The second-order valence-corrected chi connectivity index (χ2v) is 6.33. The number of hydrogen-bond acceptors (Lipinski definition) is 5. The number of likely N-dealkylation sites (tertiary alicyclic amines) is 1. The number of rotatable bonds is 4. The third-order valence-electron chi connectivity index (χ3n) is 4.31. The van der Waals surface area contributed by atoms with Crippen LogP contribution < -0.4 is 11.1 Å². The largest absolute Gasteiger partial charge is 0.387 e. The summed E-state index contributed by atoms with van der Waals surface area (Å²) in [5, 5.41) is 2.84. The van der Waals surface area contributed by atoms with E-state index in [4.69, 9.17) is 5.73 Å². The van der Waals surface area contributed by atoms with Gasteiger partial charge < -0.3 is 16.0 Å². The Morgan fingerprint density at radius 3 is 2.80 bits per heavy atom. The Hall–Kier alpha value is -2.70. The molecule has 3 N–H and O–H groups in total. The minimum absolute atomic E-state index is 0.0317. The number of carbonyl (C=O) groups excluding carboxylic acids is 2. The lowest BCUT2D eigenvalue weighted by Crippen LogP contribution is -2.27. The minimum Gasteiger partial charge on any atom is -0.387 e. The summed E-state index contributed by atoms with van der Waals surface area (Å²) >= 11 is 0. The third kappa shape index (κ3) is 3.87. The van der Waals surface area contributed by atoms with E-state index in [1.54, 1.807) is 18.3 Å². The van der Waals surface area contributed by atoms with Crippen LogP contribution in [-0.2, 0) is 4.79 Å². The molecule has 0 unspecified atom stereocenters. The smallest absolute Gasteiger partial charge is 0.255 e. The van der Waals surface area contributed by atoms with Gasteiger partial charge >= 0.3 is 0 Å². The van der Waals surface area contributed by atoms with Crippen LogP contribution in [0.5, 0.6) is 0 Å². The molecule has 7 heteroatoms. The molecule has 0 bridgehead atoms. The molecule has 1 saturated heterocycles. The maximum Gasteiger partial charge on any atom is 0.255 e. The number of aliphatic imine (C=N–C) groups is 1. The first-order chi connectivity index (χ1) is 12.1. The van der Waals surface area contributed by atoms with Crippen molar-refractivity contribution < 1.29 is 9.59 Å². The van der Waals surface area contributed by atoms with Crippen LogP contribution in [0.2, 0.25) is 0 Å². The Bertz CT molecular complexity index is 748. The van der Waals surface area contributed by atoms with E-state index in [-0.39, 0.29) is 18.2 Å². The summed E-state index contributed by atoms with van der Waals surface area (Å²) in [5.41, 5.74) is 8.08. The van der Waals surface area contributed by atoms with Crippen molar-refractivity contribution >= 4 is 29.4 Å². The first-order valence-corrected chi connectivity index (χ1v) is 8.69. The van der Waals surface area contributed by atoms with Crippen molar-refractivity contribution in [3.05, 3.63) is 29.1 Å². The van der Waals surface area contributed by atoms with Crippen molar-refractivity contribution in [2.45, 2.75) is 32.6 Å². The van der Waals surface area contributed by atoms with Crippen LogP contribution >= 0.6 is 0 Å². The molecule has 0 radical (unpaired) electrons. The maximum atomic E-state index is 12.5.